The summed E-state index contributed by atoms with van der Waals surface area (Å²) in [6, 6.07) is 9.41. The average Bonchev–Trinajstić information content (AvgIpc) is 2.79. The van der Waals surface area contributed by atoms with Crippen LogP contribution < -0.4 is 9.80 Å². The Balaban J connectivity index is 1.33. The summed E-state index contributed by atoms with van der Waals surface area (Å²) in [5.74, 6) is 1.81. The maximum atomic E-state index is 12.5. The van der Waals surface area contributed by atoms with Gasteiger partial charge in [-0.05, 0) is 49.1 Å². The molecule has 1 amide bonds. The first-order chi connectivity index (χ1) is 14.2. The number of piperazine rings is 1. The Morgan fingerprint density at radius 3 is 2.34 bits per heavy atom. The number of carbonyl (C=O) groups excluding carboxylic acids is 1. The van der Waals surface area contributed by atoms with Gasteiger partial charge < -0.3 is 14.7 Å². The molecule has 2 aliphatic heterocycles. The molecule has 152 valence electrons. The molecule has 0 saturated carbocycles. The Kier molecular flexibility index (Phi) is 6.30. The van der Waals surface area contributed by atoms with Crippen LogP contribution in [0.4, 0.5) is 11.8 Å². The summed E-state index contributed by atoms with van der Waals surface area (Å²) in [5.41, 5.74) is 0.965. The number of halogens is 1. The minimum Gasteiger partial charge on any atom is -0.353 e. The Hall–Kier alpha value is -2.60. The van der Waals surface area contributed by atoms with Crippen molar-refractivity contribution in [2.75, 3.05) is 49.1 Å². The molecule has 7 heteroatoms. The second-order valence-electron chi connectivity index (χ2n) is 7.46. The van der Waals surface area contributed by atoms with E-state index in [2.05, 4.69) is 14.8 Å². The zero-order valence-corrected chi connectivity index (χ0v) is 17.3. The van der Waals surface area contributed by atoms with E-state index in [0.29, 0.717) is 18.1 Å². The molecular weight excluding hydrogens is 386 g/mol. The first kappa shape index (κ1) is 19.7. The standard InChI is InChI=1S/C22H26ClN5O/c23-19-7-4-18(5-8-19)6-9-21(29)27-16-14-26(15-17-27)20-10-11-24-22(25-20)28-12-2-1-3-13-28/h4-11H,1-3,12-17H2/b9-6+. The van der Waals surface area contributed by atoms with Crippen molar-refractivity contribution in [1.29, 1.82) is 0 Å². The number of hydrogen-bond donors (Lipinski definition) is 0. The summed E-state index contributed by atoms with van der Waals surface area (Å²) >= 11 is 5.90. The van der Waals surface area contributed by atoms with Gasteiger partial charge in [-0.2, -0.15) is 4.98 Å². The van der Waals surface area contributed by atoms with Crippen LogP contribution in [-0.4, -0.2) is 60.0 Å². The average molecular weight is 412 g/mol. The lowest BCUT2D eigenvalue weighted by Gasteiger charge is -2.35. The van der Waals surface area contributed by atoms with E-state index in [1.165, 1.54) is 19.3 Å². The molecule has 2 aliphatic rings. The van der Waals surface area contributed by atoms with Crippen LogP contribution in [0.15, 0.2) is 42.6 Å². The number of aromatic nitrogens is 2. The highest BCUT2D eigenvalue weighted by Gasteiger charge is 2.22. The number of carbonyl (C=O) groups is 1. The van der Waals surface area contributed by atoms with Crippen LogP contribution in [0.3, 0.4) is 0 Å². The van der Waals surface area contributed by atoms with Crippen molar-refractivity contribution < 1.29 is 4.79 Å². The predicted octanol–water partition coefficient (Wildman–Crippen LogP) is 3.48. The molecule has 2 saturated heterocycles. The van der Waals surface area contributed by atoms with E-state index in [1.807, 2.05) is 47.5 Å². The highest BCUT2D eigenvalue weighted by Crippen LogP contribution is 2.20. The van der Waals surface area contributed by atoms with Gasteiger partial charge in [-0.3, -0.25) is 4.79 Å². The third-order valence-corrected chi connectivity index (χ3v) is 5.72. The summed E-state index contributed by atoms with van der Waals surface area (Å²) in [6.07, 6.45) is 9.02. The molecular formula is C22H26ClN5O. The zero-order chi connectivity index (χ0) is 20.1. The number of rotatable bonds is 4. The van der Waals surface area contributed by atoms with Gasteiger partial charge in [0.15, 0.2) is 0 Å². The van der Waals surface area contributed by atoms with Gasteiger partial charge in [-0.25, -0.2) is 4.98 Å². The maximum Gasteiger partial charge on any atom is 0.246 e. The molecule has 0 aliphatic carbocycles. The predicted molar refractivity (Wildman–Crippen MR) is 117 cm³/mol. The summed E-state index contributed by atoms with van der Waals surface area (Å²) in [5, 5.41) is 0.692. The normalized spacial score (nSPS) is 17.8. The fraction of sp³-hybridized carbons (Fsp3) is 0.409. The molecule has 4 rings (SSSR count). The van der Waals surface area contributed by atoms with Crippen molar-refractivity contribution in [2.24, 2.45) is 0 Å². The molecule has 0 radical (unpaired) electrons. The summed E-state index contributed by atoms with van der Waals surface area (Å²) in [6.45, 7) is 4.99. The summed E-state index contributed by atoms with van der Waals surface area (Å²) in [7, 11) is 0. The lowest BCUT2D eigenvalue weighted by Crippen LogP contribution is -2.48. The Labute approximate surface area is 176 Å². The Bertz CT molecular complexity index is 856. The van der Waals surface area contributed by atoms with E-state index in [0.717, 1.165) is 43.5 Å². The minimum atomic E-state index is 0.0382. The molecule has 0 N–H and O–H groups in total. The lowest BCUT2D eigenvalue weighted by atomic mass is 10.1. The largest absolute Gasteiger partial charge is 0.353 e. The van der Waals surface area contributed by atoms with Crippen LogP contribution in [0.1, 0.15) is 24.8 Å². The van der Waals surface area contributed by atoms with Gasteiger partial charge in [0, 0.05) is 56.6 Å². The number of piperidine rings is 1. The molecule has 0 unspecified atom stereocenters. The van der Waals surface area contributed by atoms with Gasteiger partial charge in [-0.1, -0.05) is 23.7 Å². The third-order valence-electron chi connectivity index (χ3n) is 5.47. The van der Waals surface area contributed by atoms with E-state index in [1.54, 1.807) is 6.08 Å². The topological polar surface area (TPSA) is 52.6 Å². The van der Waals surface area contributed by atoms with Crippen molar-refractivity contribution in [1.82, 2.24) is 14.9 Å². The van der Waals surface area contributed by atoms with E-state index >= 15 is 0 Å². The van der Waals surface area contributed by atoms with Crippen LogP contribution in [-0.2, 0) is 4.79 Å². The Morgan fingerprint density at radius 2 is 1.62 bits per heavy atom. The van der Waals surface area contributed by atoms with Gasteiger partial charge >= 0.3 is 0 Å². The molecule has 0 spiro atoms. The van der Waals surface area contributed by atoms with Crippen molar-refractivity contribution in [3.8, 4) is 0 Å². The number of nitrogens with zero attached hydrogens (tertiary/aromatic N) is 5. The number of anilines is 2. The van der Waals surface area contributed by atoms with Crippen LogP contribution >= 0.6 is 11.6 Å². The van der Waals surface area contributed by atoms with Gasteiger partial charge in [0.05, 0.1) is 0 Å². The molecule has 2 fully saturated rings. The van der Waals surface area contributed by atoms with Crippen LogP contribution in [0, 0.1) is 0 Å². The van der Waals surface area contributed by atoms with Crippen LogP contribution in [0.5, 0.6) is 0 Å². The number of amides is 1. The SMILES string of the molecule is O=C(/C=C/c1ccc(Cl)cc1)N1CCN(c2ccnc(N3CCCCC3)n2)CC1. The fourth-order valence-electron chi connectivity index (χ4n) is 3.76. The monoisotopic (exact) mass is 411 g/mol. The first-order valence-electron chi connectivity index (χ1n) is 10.2. The molecule has 1 aromatic carbocycles. The zero-order valence-electron chi connectivity index (χ0n) is 16.5. The van der Waals surface area contributed by atoms with E-state index in [9.17, 15) is 4.79 Å². The molecule has 29 heavy (non-hydrogen) atoms. The molecule has 1 aromatic heterocycles. The first-order valence-corrected chi connectivity index (χ1v) is 10.6. The van der Waals surface area contributed by atoms with E-state index in [-0.39, 0.29) is 5.91 Å². The van der Waals surface area contributed by atoms with E-state index < -0.39 is 0 Å². The van der Waals surface area contributed by atoms with Gasteiger partial charge in [0.1, 0.15) is 5.82 Å². The quantitative estimate of drug-likeness (QED) is 0.721. The summed E-state index contributed by atoms with van der Waals surface area (Å²) in [4.78, 5) is 28.2. The smallest absolute Gasteiger partial charge is 0.246 e. The van der Waals surface area contributed by atoms with E-state index in [4.69, 9.17) is 16.6 Å². The van der Waals surface area contributed by atoms with Crippen molar-refractivity contribution in [2.45, 2.75) is 19.3 Å². The van der Waals surface area contributed by atoms with Crippen molar-refractivity contribution in [3.63, 3.8) is 0 Å². The van der Waals surface area contributed by atoms with Crippen LogP contribution in [0.2, 0.25) is 5.02 Å². The fourth-order valence-corrected chi connectivity index (χ4v) is 3.89. The molecule has 2 aromatic rings. The molecule has 6 nitrogen and oxygen atoms in total. The van der Waals surface area contributed by atoms with Gasteiger partial charge in [-0.15, -0.1) is 0 Å². The molecule has 0 bridgehead atoms. The van der Waals surface area contributed by atoms with Crippen LogP contribution in [0.25, 0.3) is 6.08 Å². The highest BCUT2D eigenvalue weighted by atomic mass is 35.5. The lowest BCUT2D eigenvalue weighted by molar-refractivity contribution is -0.126. The molecule has 3 heterocycles. The van der Waals surface area contributed by atoms with Gasteiger partial charge in [0.25, 0.3) is 0 Å². The number of benzene rings is 1. The highest BCUT2D eigenvalue weighted by molar-refractivity contribution is 6.30. The molecule has 0 atom stereocenters. The van der Waals surface area contributed by atoms with Crippen molar-refractivity contribution >= 4 is 35.4 Å². The van der Waals surface area contributed by atoms with Crippen molar-refractivity contribution in [3.05, 3.63) is 53.2 Å². The third kappa shape index (κ3) is 5.07. The second kappa shape index (κ2) is 9.27. The Morgan fingerprint density at radius 1 is 0.897 bits per heavy atom. The van der Waals surface area contributed by atoms with Gasteiger partial charge in [0.2, 0.25) is 11.9 Å². The second-order valence-corrected chi connectivity index (χ2v) is 7.90. The minimum absolute atomic E-state index is 0.0382. The summed E-state index contributed by atoms with van der Waals surface area (Å²) < 4.78 is 0. The maximum absolute atomic E-state index is 12.5. The number of hydrogen-bond acceptors (Lipinski definition) is 5.